The quantitative estimate of drug-likeness (QED) is 0.0936. The number of carbonyl (C=O) groups excluding carboxylic acids is 2. The van der Waals surface area contributed by atoms with Crippen LogP contribution < -0.4 is 10.2 Å². The molecule has 6 heteroatoms. The summed E-state index contributed by atoms with van der Waals surface area (Å²) in [6, 6.07) is 39.5. The average molecular weight is 661 g/mol. The van der Waals surface area contributed by atoms with Crippen molar-refractivity contribution in [2.24, 2.45) is 17.8 Å². The van der Waals surface area contributed by atoms with Gasteiger partial charge in [0.05, 0.1) is 30.2 Å². The lowest BCUT2D eigenvalue weighted by Gasteiger charge is -2.31. The van der Waals surface area contributed by atoms with Crippen LogP contribution in [0.2, 0.25) is 0 Å². The highest BCUT2D eigenvalue weighted by molar-refractivity contribution is 6.22. The summed E-state index contributed by atoms with van der Waals surface area (Å²) in [6.07, 6.45) is 5.09. The van der Waals surface area contributed by atoms with Gasteiger partial charge in [-0.1, -0.05) is 97.4 Å². The lowest BCUT2D eigenvalue weighted by molar-refractivity contribution is -0.122. The van der Waals surface area contributed by atoms with Crippen molar-refractivity contribution < 1.29 is 19.4 Å². The van der Waals surface area contributed by atoms with E-state index in [9.17, 15) is 14.7 Å². The molecule has 0 bridgehead atoms. The van der Waals surface area contributed by atoms with E-state index in [0.717, 1.165) is 52.5 Å². The Balaban J connectivity index is 1.04. The zero-order chi connectivity index (χ0) is 34.2. The van der Waals surface area contributed by atoms with Crippen LogP contribution in [0.1, 0.15) is 43.7 Å². The second-order valence-corrected chi connectivity index (χ2v) is 13.5. The van der Waals surface area contributed by atoms with Crippen LogP contribution in [0.15, 0.2) is 132 Å². The molecule has 0 unspecified atom stereocenters. The summed E-state index contributed by atoms with van der Waals surface area (Å²) in [5.41, 5.74) is 8.36. The standard InChI is InChI=1S/C44H40N2O4/c1-2-28-26-37-42(44(49)46(43(37)48)34-21-19-33(20-22-34)45-32-13-7-4-8-14-32)38-27-50-40(41(28)38)24-18-30(29-11-5-3-6-12-29)25-31-17-23-39(47)36-16-10-9-15-35(31)36/h3-17,19-23,25,37-38,40,42,45,47H,2,18,24,26-27H2,1H3/b30-25-/t37-,38+,40-,42-/m1/s1. The van der Waals surface area contributed by atoms with Crippen LogP contribution in [0.3, 0.4) is 0 Å². The smallest absolute Gasteiger partial charge is 0.238 e. The maximum atomic E-state index is 14.1. The molecule has 0 saturated carbocycles. The Morgan fingerprint density at radius 2 is 1.48 bits per heavy atom. The number of phenols is 1. The van der Waals surface area contributed by atoms with Crippen molar-refractivity contribution in [3.63, 3.8) is 0 Å². The monoisotopic (exact) mass is 660 g/mol. The molecule has 2 aliphatic heterocycles. The number of carbonyl (C=O) groups is 2. The Kier molecular flexibility index (Phi) is 8.55. The molecule has 0 aromatic heterocycles. The predicted molar refractivity (Wildman–Crippen MR) is 200 cm³/mol. The fraction of sp³-hybridized carbons (Fsp3) is 0.227. The van der Waals surface area contributed by atoms with Gasteiger partial charge < -0.3 is 15.2 Å². The van der Waals surface area contributed by atoms with Crippen LogP contribution in [0.4, 0.5) is 17.1 Å². The molecule has 0 spiro atoms. The summed E-state index contributed by atoms with van der Waals surface area (Å²) in [7, 11) is 0. The van der Waals surface area contributed by atoms with Crippen molar-refractivity contribution in [1.29, 1.82) is 0 Å². The van der Waals surface area contributed by atoms with Gasteiger partial charge in [-0.15, -0.1) is 0 Å². The summed E-state index contributed by atoms with van der Waals surface area (Å²) in [6.45, 7) is 2.60. The largest absolute Gasteiger partial charge is 0.507 e. The van der Waals surface area contributed by atoms with E-state index in [0.29, 0.717) is 18.7 Å². The molecule has 8 rings (SSSR count). The molecule has 2 fully saturated rings. The Hall–Kier alpha value is -5.46. The van der Waals surface area contributed by atoms with E-state index in [4.69, 9.17) is 4.74 Å². The van der Waals surface area contributed by atoms with E-state index in [-0.39, 0.29) is 35.5 Å². The molecular weight excluding hydrogens is 620 g/mol. The van der Waals surface area contributed by atoms with E-state index in [1.165, 1.54) is 21.6 Å². The van der Waals surface area contributed by atoms with Crippen LogP contribution in [-0.2, 0) is 14.3 Å². The van der Waals surface area contributed by atoms with Gasteiger partial charge in [0.2, 0.25) is 11.8 Å². The number of hydrogen-bond donors (Lipinski definition) is 2. The normalized spacial score (nSPS) is 21.9. The minimum atomic E-state index is -0.410. The van der Waals surface area contributed by atoms with Crippen LogP contribution in [0, 0.1) is 17.8 Å². The summed E-state index contributed by atoms with van der Waals surface area (Å²) >= 11 is 0. The van der Waals surface area contributed by atoms with E-state index in [2.05, 4.69) is 42.6 Å². The lowest BCUT2D eigenvalue weighted by Crippen LogP contribution is -2.34. The van der Waals surface area contributed by atoms with Gasteiger partial charge in [0, 0.05) is 22.7 Å². The fourth-order valence-corrected chi connectivity index (χ4v) is 8.31. The molecule has 6 nitrogen and oxygen atoms in total. The molecule has 2 heterocycles. The number of fused-ring (bicyclic) bond motifs is 4. The zero-order valence-electron chi connectivity index (χ0n) is 28.1. The average Bonchev–Trinajstić information content (AvgIpc) is 3.69. The number of rotatable bonds is 9. The number of nitrogens with zero attached hydrogens (tertiary/aromatic N) is 1. The second-order valence-electron chi connectivity index (χ2n) is 13.5. The summed E-state index contributed by atoms with van der Waals surface area (Å²) in [4.78, 5) is 29.5. The maximum Gasteiger partial charge on any atom is 0.238 e. The first kappa shape index (κ1) is 31.8. The third kappa shape index (κ3) is 5.80. The molecule has 2 N–H and O–H groups in total. The number of para-hydroxylation sites is 1. The third-order valence-corrected chi connectivity index (χ3v) is 10.7. The molecule has 5 aromatic rings. The maximum absolute atomic E-state index is 14.1. The van der Waals surface area contributed by atoms with Crippen molar-refractivity contribution in [3.05, 3.63) is 144 Å². The number of allylic oxidation sites excluding steroid dienone is 2. The predicted octanol–water partition coefficient (Wildman–Crippen LogP) is 9.54. The molecule has 2 saturated heterocycles. The van der Waals surface area contributed by atoms with Crippen LogP contribution >= 0.6 is 0 Å². The van der Waals surface area contributed by atoms with Gasteiger partial charge in [-0.3, -0.25) is 14.5 Å². The number of ether oxygens (including phenoxy) is 1. The summed E-state index contributed by atoms with van der Waals surface area (Å²) < 4.78 is 6.55. The minimum absolute atomic E-state index is 0.0978. The highest BCUT2D eigenvalue weighted by atomic mass is 16.5. The van der Waals surface area contributed by atoms with Crippen LogP contribution in [-0.4, -0.2) is 29.6 Å². The lowest BCUT2D eigenvalue weighted by atomic mass is 9.69. The SMILES string of the molecule is CCC1=C2[C@@H](CC/C(=C/c3ccc(O)c4ccccc34)c3ccccc3)OC[C@@H]2[C@@H]2C(=O)N(c3ccc(Nc4ccccc4)cc3)C(=O)[C@@H]2C1. The molecule has 4 atom stereocenters. The first-order chi connectivity index (χ1) is 24.5. The molecule has 0 radical (unpaired) electrons. The fourth-order valence-electron chi connectivity index (χ4n) is 8.31. The Morgan fingerprint density at radius 1 is 0.800 bits per heavy atom. The first-order valence-corrected chi connectivity index (χ1v) is 17.6. The van der Waals surface area contributed by atoms with Crippen LogP contribution in [0.5, 0.6) is 5.75 Å². The summed E-state index contributed by atoms with van der Waals surface area (Å²) in [5, 5.41) is 15.7. The van der Waals surface area contributed by atoms with Gasteiger partial charge in [0.25, 0.3) is 0 Å². The Morgan fingerprint density at radius 3 is 2.22 bits per heavy atom. The number of benzene rings is 5. The third-order valence-electron chi connectivity index (χ3n) is 10.7. The van der Waals surface area contributed by atoms with Gasteiger partial charge in [-0.05, 0) is 95.8 Å². The molecule has 5 aromatic carbocycles. The minimum Gasteiger partial charge on any atom is -0.507 e. The summed E-state index contributed by atoms with van der Waals surface area (Å²) in [5.74, 6) is -0.818. The first-order valence-electron chi connectivity index (χ1n) is 17.6. The number of amides is 2. The van der Waals surface area contributed by atoms with E-state index in [1.54, 1.807) is 6.07 Å². The van der Waals surface area contributed by atoms with Crippen molar-refractivity contribution in [2.75, 3.05) is 16.8 Å². The highest BCUT2D eigenvalue weighted by Crippen LogP contribution is 2.51. The van der Waals surface area contributed by atoms with Crippen molar-refractivity contribution in [3.8, 4) is 5.75 Å². The van der Waals surface area contributed by atoms with Crippen LogP contribution in [0.25, 0.3) is 22.4 Å². The number of aromatic hydroxyl groups is 1. The molecule has 3 aliphatic rings. The molecular formula is C44H40N2O4. The van der Waals surface area contributed by atoms with Gasteiger partial charge in [-0.2, -0.15) is 0 Å². The van der Waals surface area contributed by atoms with Crippen molar-refractivity contribution in [2.45, 2.75) is 38.7 Å². The Labute approximate surface area is 292 Å². The number of nitrogens with one attached hydrogen (secondary N) is 1. The number of phenolic OH excluding ortho intramolecular Hbond substituents is 1. The topological polar surface area (TPSA) is 78.9 Å². The van der Waals surface area contributed by atoms with Crippen molar-refractivity contribution >= 4 is 51.3 Å². The number of anilines is 3. The van der Waals surface area contributed by atoms with Gasteiger partial charge >= 0.3 is 0 Å². The highest BCUT2D eigenvalue weighted by Gasteiger charge is 2.57. The van der Waals surface area contributed by atoms with Gasteiger partial charge in [-0.25, -0.2) is 0 Å². The molecule has 1 aliphatic carbocycles. The number of imide groups is 1. The number of hydrogen-bond acceptors (Lipinski definition) is 5. The van der Waals surface area contributed by atoms with E-state index < -0.39 is 5.92 Å². The second kappa shape index (κ2) is 13.4. The van der Waals surface area contributed by atoms with Gasteiger partial charge in [0.1, 0.15) is 5.75 Å². The zero-order valence-corrected chi connectivity index (χ0v) is 28.1. The molecule has 50 heavy (non-hydrogen) atoms. The van der Waals surface area contributed by atoms with Gasteiger partial charge in [0.15, 0.2) is 0 Å². The van der Waals surface area contributed by atoms with E-state index >= 15 is 0 Å². The Bertz CT molecular complexity index is 2120. The molecule has 2 amide bonds. The van der Waals surface area contributed by atoms with E-state index in [1.807, 2.05) is 91.0 Å². The molecule has 250 valence electrons. The van der Waals surface area contributed by atoms with Crippen molar-refractivity contribution in [1.82, 2.24) is 0 Å².